The van der Waals surface area contributed by atoms with Crippen molar-refractivity contribution in [2.45, 2.75) is 0 Å². The third-order valence-corrected chi connectivity index (χ3v) is 4.66. The van der Waals surface area contributed by atoms with Crippen molar-refractivity contribution < 1.29 is 4.39 Å². The summed E-state index contributed by atoms with van der Waals surface area (Å²) in [6.07, 6.45) is 3.63. The highest BCUT2D eigenvalue weighted by Crippen LogP contribution is 2.35. The van der Waals surface area contributed by atoms with E-state index in [0.717, 1.165) is 33.0 Å². The first-order valence-corrected chi connectivity index (χ1v) is 8.40. The minimum absolute atomic E-state index is 0.243. The van der Waals surface area contributed by atoms with Gasteiger partial charge in [-0.15, -0.1) is 11.3 Å². The van der Waals surface area contributed by atoms with Crippen LogP contribution in [0.4, 0.5) is 4.39 Å². The molecular weight excluding hydrogens is 319 g/mol. The van der Waals surface area contributed by atoms with Crippen LogP contribution in [0.15, 0.2) is 78.4 Å². The quantitative estimate of drug-likeness (QED) is 0.482. The number of rotatable bonds is 3. The van der Waals surface area contributed by atoms with Gasteiger partial charge in [0.25, 0.3) is 0 Å². The van der Waals surface area contributed by atoms with Crippen molar-refractivity contribution in [1.82, 2.24) is 9.97 Å². The predicted octanol–water partition coefficient (Wildman–Crippen LogP) is 5.68. The highest BCUT2D eigenvalue weighted by Gasteiger charge is 2.12. The molecule has 2 heterocycles. The molecule has 0 aliphatic heterocycles. The number of halogens is 1. The minimum atomic E-state index is -0.243. The van der Waals surface area contributed by atoms with Crippen molar-refractivity contribution in [2.24, 2.45) is 0 Å². The molecule has 0 atom stereocenters. The molecule has 24 heavy (non-hydrogen) atoms. The van der Waals surface area contributed by atoms with Crippen molar-refractivity contribution in [1.29, 1.82) is 0 Å². The van der Waals surface area contributed by atoms with E-state index in [-0.39, 0.29) is 5.82 Å². The maximum atomic E-state index is 13.1. The standard InChI is InChI=1S/C20H13FN2S/c21-16-8-6-15(7-9-16)19-13-24-20(23-19)18-12-22-11-10-17(18)14-4-2-1-3-5-14/h1-13H. The molecule has 0 bridgehead atoms. The third kappa shape index (κ3) is 2.84. The van der Waals surface area contributed by atoms with Gasteiger partial charge in [-0.3, -0.25) is 4.98 Å². The third-order valence-electron chi connectivity index (χ3n) is 3.78. The molecule has 2 aromatic heterocycles. The molecule has 0 aliphatic rings. The fourth-order valence-corrected chi connectivity index (χ4v) is 3.44. The van der Waals surface area contributed by atoms with Gasteiger partial charge in [0, 0.05) is 28.9 Å². The van der Waals surface area contributed by atoms with Crippen molar-refractivity contribution in [3.05, 3.63) is 84.3 Å². The second-order valence-electron chi connectivity index (χ2n) is 5.33. The van der Waals surface area contributed by atoms with Gasteiger partial charge < -0.3 is 0 Å². The van der Waals surface area contributed by atoms with E-state index in [1.807, 2.05) is 35.8 Å². The van der Waals surface area contributed by atoms with E-state index in [1.165, 1.54) is 12.1 Å². The minimum Gasteiger partial charge on any atom is -0.264 e. The number of benzene rings is 2. The fraction of sp³-hybridized carbons (Fsp3) is 0. The lowest BCUT2D eigenvalue weighted by Crippen LogP contribution is -1.86. The average Bonchev–Trinajstić information content (AvgIpc) is 3.13. The summed E-state index contributed by atoms with van der Waals surface area (Å²) in [6.45, 7) is 0. The molecule has 0 unspecified atom stereocenters. The Morgan fingerprint density at radius 2 is 1.58 bits per heavy atom. The Morgan fingerprint density at radius 3 is 2.38 bits per heavy atom. The summed E-state index contributed by atoms with van der Waals surface area (Å²) in [5.74, 6) is -0.243. The molecule has 2 nitrogen and oxygen atoms in total. The van der Waals surface area contributed by atoms with E-state index >= 15 is 0 Å². The van der Waals surface area contributed by atoms with Crippen molar-refractivity contribution in [3.8, 4) is 33.0 Å². The monoisotopic (exact) mass is 332 g/mol. The second-order valence-corrected chi connectivity index (χ2v) is 6.19. The van der Waals surface area contributed by atoms with E-state index in [0.29, 0.717) is 0 Å². The first-order valence-electron chi connectivity index (χ1n) is 7.52. The van der Waals surface area contributed by atoms with Crippen LogP contribution in [0.25, 0.3) is 33.0 Å². The van der Waals surface area contributed by atoms with E-state index in [2.05, 4.69) is 17.1 Å². The highest BCUT2D eigenvalue weighted by atomic mass is 32.1. The van der Waals surface area contributed by atoms with Gasteiger partial charge in [0.1, 0.15) is 10.8 Å². The van der Waals surface area contributed by atoms with E-state index in [9.17, 15) is 4.39 Å². The van der Waals surface area contributed by atoms with Gasteiger partial charge in [0.05, 0.1) is 5.69 Å². The molecular formula is C20H13FN2S. The summed E-state index contributed by atoms with van der Waals surface area (Å²) >= 11 is 1.57. The van der Waals surface area contributed by atoms with Gasteiger partial charge in [-0.25, -0.2) is 9.37 Å². The molecule has 0 aliphatic carbocycles. The fourth-order valence-electron chi connectivity index (χ4n) is 2.59. The van der Waals surface area contributed by atoms with Gasteiger partial charge >= 0.3 is 0 Å². The molecule has 4 aromatic rings. The van der Waals surface area contributed by atoms with Crippen molar-refractivity contribution in [3.63, 3.8) is 0 Å². The second kappa shape index (κ2) is 6.34. The Morgan fingerprint density at radius 1 is 0.792 bits per heavy atom. The summed E-state index contributed by atoms with van der Waals surface area (Å²) in [5.41, 5.74) is 4.99. The lowest BCUT2D eigenvalue weighted by atomic mass is 10.0. The maximum absolute atomic E-state index is 13.1. The van der Waals surface area contributed by atoms with Gasteiger partial charge in [-0.05, 0) is 41.5 Å². The van der Waals surface area contributed by atoms with Crippen LogP contribution >= 0.6 is 11.3 Å². The lowest BCUT2D eigenvalue weighted by Gasteiger charge is -2.06. The molecule has 0 radical (unpaired) electrons. The van der Waals surface area contributed by atoms with Gasteiger partial charge in [-0.2, -0.15) is 0 Å². The first kappa shape index (κ1) is 14.7. The van der Waals surface area contributed by atoms with Crippen LogP contribution in [-0.2, 0) is 0 Å². The van der Waals surface area contributed by atoms with Crippen molar-refractivity contribution in [2.75, 3.05) is 0 Å². The van der Waals surface area contributed by atoms with Crippen LogP contribution in [0, 0.1) is 5.82 Å². The zero-order valence-corrected chi connectivity index (χ0v) is 13.5. The number of nitrogens with zero attached hydrogens (tertiary/aromatic N) is 2. The van der Waals surface area contributed by atoms with Crippen LogP contribution < -0.4 is 0 Å². The molecule has 0 saturated heterocycles. The maximum Gasteiger partial charge on any atom is 0.126 e. The molecule has 4 heteroatoms. The lowest BCUT2D eigenvalue weighted by molar-refractivity contribution is 0.628. The number of hydrogen-bond acceptors (Lipinski definition) is 3. The summed E-state index contributed by atoms with van der Waals surface area (Å²) in [6, 6.07) is 18.6. The molecule has 2 aromatic carbocycles. The van der Waals surface area contributed by atoms with E-state index in [1.54, 1.807) is 29.7 Å². The van der Waals surface area contributed by atoms with Crippen molar-refractivity contribution >= 4 is 11.3 Å². The molecule has 0 N–H and O–H groups in total. The largest absolute Gasteiger partial charge is 0.264 e. The topological polar surface area (TPSA) is 25.8 Å². The predicted molar refractivity (Wildman–Crippen MR) is 96.2 cm³/mol. The van der Waals surface area contributed by atoms with Crippen LogP contribution in [0.5, 0.6) is 0 Å². The Balaban J connectivity index is 1.77. The number of hydrogen-bond donors (Lipinski definition) is 0. The Kier molecular flexibility index (Phi) is 3.89. The first-order chi connectivity index (χ1) is 11.8. The Hall–Kier alpha value is -2.85. The number of thiazole rings is 1. The van der Waals surface area contributed by atoms with E-state index < -0.39 is 0 Å². The summed E-state index contributed by atoms with van der Waals surface area (Å²) in [4.78, 5) is 8.98. The number of aromatic nitrogens is 2. The summed E-state index contributed by atoms with van der Waals surface area (Å²) in [5, 5.41) is 2.89. The van der Waals surface area contributed by atoms with Crippen LogP contribution in [0.2, 0.25) is 0 Å². The summed E-state index contributed by atoms with van der Waals surface area (Å²) < 4.78 is 13.1. The average molecular weight is 332 g/mol. The molecule has 0 saturated carbocycles. The molecule has 116 valence electrons. The molecule has 4 rings (SSSR count). The molecule has 0 fully saturated rings. The highest BCUT2D eigenvalue weighted by molar-refractivity contribution is 7.13. The van der Waals surface area contributed by atoms with Gasteiger partial charge in [0.15, 0.2) is 0 Å². The summed E-state index contributed by atoms with van der Waals surface area (Å²) in [7, 11) is 0. The van der Waals surface area contributed by atoms with E-state index in [4.69, 9.17) is 4.98 Å². The van der Waals surface area contributed by atoms with Crippen LogP contribution in [-0.4, -0.2) is 9.97 Å². The normalized spacial score (nSPS) is 10.7. The smallest absolute Gasteiger partial charge is 0.126 e. The van der Waals surface area contributed by atoms with Crippen LogP contribution in [0.1, 0.15) is 0 Å². The molecule has 0 amide bonds. The van der Waals surface area contributed by atoms with Crippen LogP contribution in [0.3, 0.4) is 0 Å². The number of pyridine rings is 1. The van der Waals surface area contributed by atoms with Gasteiger partial charge in [0.2, 0.25) is 0 Å². The zero-order chi connectivity index (χ0) is 16.4. The zero-order valence-electron chi connectivity index (χ0n) is 12.7. The SMILES string of the molecule is Fc1ccc(-c2csc(-c3cnccc3-c3ccccc3)n2)cc1. The van der Waals surface area contributed by atoms with Gasteiger partial charge in [-0.1, -0.05) is 30.3 Å². The Labute approximate surface area is 143 Å². The molecule has 0 spiro atoms. The Bertz CT molecular complexity index is 962.